The summed E-state index contributed by atoms with van der Waals surface area (Å²) in [7, 11) is 0. The minimum absolute atomic E-state index is 0.300. The summed E-state index contributed by atoms with van der Waals surface area (Å²) >= 11 is 0. The molecule has 0 bridgehead atoms. The highest BCUT2D eigenvalue weighted by Crippen LogP contribution is 2.13. The van der Waals surface area contributed by atoms with Gasteiger partial charge in [0.2, 0.25) is 0 Å². The van der Waals surface area contributed by atoms with Crippen LogP contribution in [0, 0.1) is 11.8 Å². The fourth-order valence-corrected chi connectivity index (χ4v) is 1.12. The van der Waals surface area contributed by atoms with E-state index in [1.54, 1.807) is 24.3 Å². The van der Waals surface area contributed by atoms with E-state index in [0.29, 0.717) is 11.1 Å². The van der Waals surface area contributed by atoms with Crippen LogP contribution < -0.4 is 5.32 Å². The Morgan fingerprint density at radius 2 is 1.28 bits per heavy atom. The molecule has 0 unspecified atom stereocenters. The molecule has 0 atom stereocenters. The molecule has 1 aromatic rings. The molecule has 1 aliphatic rings. The van der Waals surface area contributed by atoms with E-state index in [0.717, 1.165) is 0 Å². The number of fused-ring (bicyclic) bond motifs is 1. The Hall–Kier alpha value is -2.08. The molecule has 0 aromatic heterocycles. The van der Waals surface area contributed by atoms with E-state index < -0.39 is 0 Å². The Morgan fingerprint density at radius 3 is 1.56 bits per heavy atom. The van der Waals surface area contributed by atoms with Crippen molar-refractivity contribution >= 4 is 11.8 Å². The molecule has 1 aromatic carbocycles. The molecule has 1 aliphatic heterocycles. The predicted molar refractivity (Wildman–Crippen MR) is 73.3 cm³/mol. The summed E-state index contributed by atoms with van der Waals surface area (Å²) in [5, 5.41) is 2.20. The van der Waals surface area contributed by atoms with Gasteiger partial charge in [0.25, 0.3) is 11.8 Å². The van der Waals surface area contributed by atoms with Crippen molar-refractivity contribution in [3.05, 3.63) is 35.4 Å². The van der Waals surface area contributed by atoms with Gasteiger partial charge in [-0.1, -0.05) is 32.4 Å². The van der Waals surface area contributed by atoms with Gasteiger partial charge in [-0.15, -0.1) is 11.8 Å². The lowest BCUT2D eigenvalue weighted by Crippen LogP contribution is -2.19. The molecule has 0 spiro atoms. The van der Waals surface area contributed by atoms with Crippen molar-refractivity contribution in [3.63, 3.8) is 0 Å². The van der Waals surface area contributed by atoms with Crippen LogP contribution in [0.15, 0.2) is 24.3 Å². The molecular weight excluding hydrogens is 226 g/mol. The summed E-state index contributed by atoms with van der Waals surface area (Å²) in [5.41, 5.74) is 0.940. The first-order chi connectivity index (χ1) is 8.62. The Bertz CT molecular complexity index is 428. The molecule has 0 fully saturated rings. The van der Waals surface area contributed by atoms with Gasteiger partial charge in [0.1, 0.15) is 0 Å². The number of rotatable bonds is 0. The van der Waals surface area contributed by atoms with Crippen molar-refractivity contribution in [1.82, 2.24) is 5.32 Å². The van der Waals surface area contributed by atoms with E-state index in [1.807, 2.05) is 13.8 Å². The molecule has 2 rings (SSSR count). The highest BCUT2D eigenvalue weighted by Gasteiger charge is 2.25. The van der Waals surface area contributed by atoms with E-state index in [9.17, 15) is 9.59 Å². The first-order valence-corrected chi connectivity index (χ1v) is 5.90. The average Bonchev–Trinajstić information content (AvgIpc) is 2.67. The van der Waals surface area contributed by atoms with Crippen molar-refractivity contribution in [1.29, 1.82) is 0 Å². The normalized spacial score (nSPS) is 10.7. The average molecular weight is 245 g/mol. The number of amides is 2. The Labute approximate surface area is 109 Å². The molecule has 3 nitrogen and oxygen atoms in total. The second-order valence-corrected chi connectivity index (χ2v) is 3.54. The van der Waals surface area contributed by atoms with Crippen LogP contribution in [0.2, 0.25) is 0 Å². The van der Waals surface area contributed by atoms with Crippen LogP contribution in [0.25, 0.3) is 0 Å². The SMILES string of the molecule is CC#CC.CCC.O=C1NC(=O)c2ccccc21. The van der Waals surface area contributed by atoms with Gasteiger partial charge in [-0.3, -0.25) is 14.9 Å². The molecule has 3 heteroatoms. The summed E-state index contributed by atoms with van der Waals surface area (Å²) in [6.45, 7) is 7.89. The fourth-order valence-electron chi connectivity index (χ4n) is 1.12. The lowest BCUT2D eigenvalue weighted by atomic mass is 10.1. The van der Waals surface area contributed by atoms with Crippen LogP contribution in [0.5, 0.6) is 0 Å². The number of nitrogens with one attached hydrogen (secondary N) is 1. The van der Waals surface area contributed by atoms with Crippen molar-refractivity contribution in [3.8, 4) is 11.8 Å². The molecule has 0 saturated carbocycles. The van der Waals surface area contributed by atoms with E-state index >= 15 is 0 Å². The first-order valence-electron chi connectivity index (χ1n) is 5.90. The minimum atomic E-state index is -0.300. The maximum atomic E-state index is 10.9. The molecule has 18 heavy (non-hydrogen) atoms. The van der Waals surface area contributed by atoms with Gasteiger partial charge in [-0.2, -0.15) is 0 Å². The molecule has 1 heterocycles. The Morgan fingerprint density at radius 1 is 0.944 bits per heavy atom. The van der Waals surface area contributed by atoms with Crippen LogP contribution in [0.1, 0.15) is 54.8 Å². The van der Waals surface area contributed by atoms with Crippen molar-refractivity contribution in [2.24, 2.45) is 0 Å². The number of carbonyl (C=O) groups excluding carboxylic acids is 2. The number of carbonyl (C=O) groups is 2. The second-order valence-electron chi connectivity index (χ2n) is 3.54. The number of benzene rings is 1. The van der Waals surface area contributed by atoms with Gasteiger partial charge in [0, 0.05) is 0 Å². The number of hydrogen-bond acceptors (Lipinski definition) is 2. The first kappa shape index (κ1) is 15.9. The maximum Gasteiger partial charge on any atom is 0.258 e. The summed E-state index contributed by atoms with van der Waals surface area (Å²) in [4.78, 5) is 21.9. The van der Waals surface area contributed by atoms with Gasteiger partial charge >= 0.3 is 0 Å². The van der Waals surface area contributed by atoms with Gasteiger partial charge in [-0.05, 0) is 26.0 Å². The summed E-state index contributed by atoms with van der Waals surface area (Å²) < 4.78 is 0. The van der Waals surface area contributed by atoms with Crippen molar-refractivity contribution in [2.45, 2.75) is 34.1 Å². The largest absolute Gasteiger partial charge is 0.288 e. The standard InChI is InChI=1S/C8H5NO2.C4H6.C3H8/c10-7-5-3-1-2-4-6(5)8(11)9-7;1-3-4-2;1-3-2/h1-4H,(H,9,10,11);1-2H3;3H2,1-2H3. The molecular formula is C15H19NO2. The van der Waals surface area contributed by atoms with E-state index in [-0.39, 0.29) is 11.8 Å². The third-order valence-electron chi connectivity index (χ3n) is 1.89. The van der Waals surface area contributed by atoms with Crippen LogP contribution in [0.3, 0.4) is 0 Å². The second kappa shape index (κ2) is 9.00. The quantitative estimate of drug-likeness (QED) is 0.564. The topological polar surface area (TPSA) is 46.2 Å². The third-order valence-corrected chi connectivity index (χ3v) is 1.89. The molecule has 2 amide bonds. The fraction of sp³-hybridized carbons (Fsp3) is 0.333. The van der Waals surface area contributed by atoms with Gasteiger partial charge < -0.3 is 0 Å². The van der Waals surface area contributed by atoms with E-state index in [1.165, 1.54) is 6.42 Å². The van der Waals surface area contributed by atoms with Crippen LogP contribution in [-0.2, 0) is 0 Å². The van der Waals surface area contributed by atoms with Gasteiger partial charge in [-0.25, -0.2) is 0 Å². The molecule has 0 saturated heterocycles. The van der Waals surface area contributed by atoms with Crippen molar-refractivity contribution in [2.75, 3.05) is 0 Å². The highest BCUT2D eigenvalue weighted by molar-refractivity contribution is 6.21. The minimum Gasteiger partial charge on any atom is -0.288 e. The van der Waals surface area contributed by atoms with Crippen LogP contribution >= 0.6 is 0 Å². The third kappa shape index (κ3) is 4.84. The van der Waals surface area contributed by atoms with Crippen LogP contribution in [-0.4, -0.2) is 11.8 Å². The Balaban J connectivity index is 0.000000351. The maximum absolute atomic E-state index is 10.9. The number of hydrogen-bond donors (Lipinski definition) is 1. The smallest absolute Gasteiger partial charge is 0.258 e. The monoisotopic (exact) mass is 245 g/mol. The molecule has 0 radical (unpaired) electrons. The highest BCUT2D eigenvalue weighted by atomic mass is 16.2. The summed E-state index contributed by atoms with van der Waals surface area (Å²) in [5.74, 6) is 4.76. The Kier molecular flexibility index (Phi) is 7.96. The predicted octanol–water partition coefficient (Wildman–Crippen LogP) is 3.02. The van der Waals surface area contributed by atoms with Gasteiger partial charge in [0.15, 0.2) is 0 Å². The lowest BCUT2D eigenvalue weighted by molar-refractivity contribution is 0.0879. The molecule has 0 aliphatic carbocycles. The molecule has 1 N–H and O–H groups in total. The molecule has 96 valence electrons. The zero-order valence-corrected chi connectivity index (χ0v) is 11.3. The van der Waals surface area contributed by atoms with Crippen molar-refractivity contribution < 1.29 is 9.59 Å². The number of imide groups is 1. The summed E-state index contributed by atoms with van der Waals surface area (Å²) in [6, 6.07) is 6.74. The summed E-state index contributed by atoms with van der Waals surface area (Å²) in [6.07, 6.45) is 1.25. The zero-order chi connectivity index (χ0) is 14.0. The lowest BCUT2D eigenvalue weighted by Gasteiger charge is -1.88. The zero-order valence-electron chi connectivity index (χ0n) is 11.3. The van der Waals surface area contributed by atoms with Gasteiger partial charge in [0.05, 0.1) is 11.1 Å². The van der Waals surface area contributed by atoms with Crippen LogP contribution in [0.4, 0.5) is 0 Å². The van der Waals surface area contributed by atoms with E-state index in [2.05, 4.69) is 31.0 Å². The van der Waals surface area contributed by atoms with E-state index in [4.69, 9.17) is 0 Å².